The number of methoxy groups -OCH3 is 1. The molecule has 0 unspecified atom stereocenters. The SMILES string of the molecule is CC.CC.CC.CCC.COc1ccc(-c2cccn3nc(Nc4ccc(C(=O)NC5CCN(C)CC5)cc4)nc23)cc1. The largest absolute Gasteiger partial charge is 0.497 e. The Morgan fingerprint density at radius 3 is 2.05 bits per heavy atom. The number of likely N-dealkylation sites (tertiary alicyclic amines) is 1. The molecule has 236 valence electrons. The van der Waals surface area contributed by atoms with Crippen molar-refractivity contribution in [3.63, 3.8) is 0 Å². The molecule has 1 aliphatic rings. The molecule has 1 amide bonds. The van der Waals surface area contributed by atoms with Gasteiger partial charge in [-0.05, 0) is 87.1 Å². The van der Waals surface area contributed by atoms with Crippen molar-refractivity contribution < 1.29 is 9.53 Å². The molecular formula is C35H54N6O2. The Morgan fingerprint density at radius 2 is 1.49 bits per heavy atom. The Balaban J connectivity index is 0.000000934. The number of nitrogens with one attached hydrogen (secondary N) is 2. The summed E-state index contributed by atoms with van der Waals surface area (Å²) in [6.07, 6.45) is 5.09. The summed E-state index contributed by atoms with van der Waals surface area (Å²) in [5.74, 6) is 1.27. The Labute approximate surface area is 259 Å². The van der Waals surface area contributed by atoms with Gasteiger partial charge in [0.15, 0.2) is 5.65 Å². The van der Waals surface area contributed by atoms with E-state index in [9.17, 15) is 4.79 Å². The second-order valence-electron chi connectivity index (χ2n) is 9.31. The molecule has 2 N–H and O–H groups in total. The van der Waals surface area contributed by atoms with Crippen LogP contribution in [0.4, 0.5) is 11.6 Å². The average molecular weight is 591 g/mol. The minimum atomic E-state index is -0.0314. The van der Waals surface area contributed by atoms with Gasteiger partial charge in [0.25, 0.3) is 5.91 Å². The van der Waals surface area contributed by atoms with Crippen LogP contribution in [-0.4, -0.2) is 58.7 Å². The number of anilines is 2. The molecule has 1 saturated heterocycles. The Morgan fingerprint density at radius 1 is 0.907 bits per heavy atom. The van der Waals surface area contributed by atoms with Crippen LogP contribution in [0.1, 0.15) is 85.0 Å². The molecule has 2 aromatic carbocycles. The molecule has 1 fully saturated rings. The van der Waals surface area contributed by atoms with Crippen molar-refractivity contribution in [1.82, 2.24) is 24.8 Å². The van der Waals surface area contributed by atoms with E-state index in [0.29, 0.717) is 11.5 Å². The smallest absolute Gasteiger partial charge is 0.251 e. The molecule has 5 rings (SSSR count). The maximum absolute atomic E-state index is 12.6. The molecule has 8 heteroatoms. The molecule has 0 aliphatic carbocycles. The lowest BCUT2D eigenvalue weighted by Gasteiger charge is -2.29. The summed E-state index contributed by atoms with van der Waals surface area (Å²) in [4.78, 5) is 19.6. The van der Waals surface area contributed by atoms with E-state index in [1.807, 2.05) is 108 Å². The molecule has 3 heterocycles. The number of benzene rings is 2. The fourth-order valence-corrected chi connectivity index (χ4v) is 4.21. The zero-order valence-electron chi connectivity index (χ0n) is 28.1. The van der Waals surface area contributed by atoms with Gasteiger partial charge < -0.3 is 20.3 Å². The first kappa shape index (κ1) is 37.1. The second-order valence-corrected chi connectivity index (χ2v) is 9.31. The number of aromatic nitrogens is 3. The van der Waals surface area contributed by atoms with Crippen molar-refractivity contribution in [2.75, 3.05) is 32.6 Å². The molecule has 0 saturated carbocycles. The molecule has 0 spiro atoms. The van der Waals surface area contributed by atoms with Gasteiger partial charge in [0.1, 0.15) is 5.75 Å². The molecule has 4 aromatic rings. The summed E-state index contributed by atoms with van der Waals surface area (Å²) < 4.78 is 7.01. The minimum absolute atomic E-state index is 0.0314. The molecular weight excluding hydrogens is 536 g/mol. The third kappa shape index (κ3) is 11.4. The number of pyridine rings is 1. The number of ether oxygens (including phenoxy) is 1. The van der Waals surface area contributed by atoms with Gasteiger partial charge in [-0.3, -0.25) is 4.79 Å². The van der Waals surface area contributed by atoms with Gasteiger partial charge in [0, 0.05) is 29.1 Å². The molecule has 43 heavy (non-hydrogen) atoms. The van der Waals surface area contributed by atoms with Crippen molar-refractivity contribution in [1.29, 1.82) is 0 Å². The molecule has 0 atom stereocenters. The Kier molecular flexibility index (Phi) is 18.0. The van der Waals surface area contributed by atoms with Crippen molar-refractivity contribution in [3.05, 3.63) is 72.4 Å². The first-order valence-electron chi connectivity index (χ1n) is 15.9. The highest BCUT2D eigenvalue weighted by molar-refractivity contribution is 5.94. The summed E-state index contributed by atoms with van der Waals surface area (Å²) in [7, 11) is 3.77. The van der Waals surface area contributed by atoms with Crippen LogP contribution in [0.2, 0.25) is 0 Å². The van der Waals surface area contributed by atoms with E-state index < -0.39 is 0 Å². The summed E-state index contributed by atoms with van der Waals surface area (Å²) in [5.41, 5.74) is 4.23. The molecule has 0 radical (unpaired) electrons. The van der Waals surface area contributed by atoms with Gasteiger partial charge >= 0.3 is 0 Å². The monoisotopic (exact) mass is 590 g/mol. The lowest BCUT2D eigenvalue weighted by atomic mass is 10.0. The fraction of sp³-hybridized carbons (Fsp3) is 0.457. The lowest BCUT2D eigenvalue weighted by Crippen LogP contribution is -2.43. The maximum atomic E-state index is 12.6. The maximum Gasteiger partial charge on any atom is 0.251 e. The highest BCUT2D eigenvalue weighted by atomic mass is 16.5. The van der Waals surface area contributed by atoms with E-state index in [1.165, 1.54) is 6.42 Å². The molecule has 1 aliphatic heterocycles. The minimum Gasteiger partial charge on any atom is -0.497 e. The van der Waals surface area contributed by atoms with Gasteiger partial charge in [-0.15, -0.1) is 5.10 Å². The number of hydrogen-bond donors (Lipinski definition) is 2. The van der Waals surface area contributed by atoms with Gasteiger partial charge in [-0.25, -0.2) is 4.52 Å². The van der Waals surface area contributed by atoms with Crippen molar-refractivity contribution >= 4 is 23.2 Å². The van der Waals surface area contributed by atoms with Gasteiger partial charge in [-0.2, -0.15) is 4.98 Å². The predicted molar refractivity (Wildman–Crippen MR) is 183 cm³/mol. The highest BCUT2D eigenvalue weighted by Crippen LogP contribution is 2.27. The first-order chi connectivity index (χ1) is 21.0. The van der Waals surface area contributed by atoms with Crippen LogP contribution < -0.4 is 15.4 Å². The zero-order chi connectivity index (χ0) is 32.2. The van der Waals surface area contributed by atoms with Crippen LogP contribution in [0.5, 0.6) is 5.75 Å². The van der Waals surface area contributed by atoms with Crippen LogP contribution in [0.3, 0.4) is 0 Å². The first-order valence-corrected chi connectivity index (χ1v) is 15.9. The number of piperidine rings is 1. The lowest BCUT2D eigenvalue weighted by molar-refractivity contribution is 0.0917. The third-order valence-electron chi connectivity index (χ3n) is 6.22. The molecule has 0 bridgehead atoms. The predicted octanol–water partition coefficient (Wildman–Crippen LogP) is 8.47. The van der Waals surface area contributed by atoms with Gasteiger partial charge in [-0.1, -0.05) is 73.9 Å². The van der Waals surface area contributed by atoms with Gasteiger partial charge in [0.2, 0.25) is 5.95 Å². The fourth-order valence-electron chi connectivity index (χ4n) is 4.21. The number of amides is 1. The average Bonchev–Trinajstić information content (AvgIpc) is 3.48. The van der Waals surface area contributed by atoms with E-state index in [1.54, 1.807) is 11.6 Å². The van der Waals surface area contributed by atoms with Crippen LogP contribution in [0.25, 0.3) is 16.8 Å². The van der Waals surface area contributed by atoms with Crippen molar-refractivity contribution in [2.45, 2.75) is 80.7 Å². The number of rotatable bonds is 6. The molecule has 8 nitrogen and oxygen atoms in total. The normalized spacial score (nSPS) is 12.5. The van der Waals surface area contributed by atoms with Crippen LogP contribution in [-0.2, 0) is 0 Å². The highest BCUT2D eigenvalue weighted by Gasteiger charge is 2.19. The number of carbonyl (C=O) groups is 1. The van der Waals surface area contributed by atoms with Crippen LogP contribution >= 0.6 is 0 Å². The summed E-state index contributed by atoms with van der Waals surface area (Å²) in [5, 5.41) is 10.9. The molecule has 2 aromatic heterocycles. The van der Waals surface area contributed by atoms with E-state index >= 15 is 0 Å². The summed E-state index contributed by atoms with van der Waals surface area (Å²) >= 11 is 0. The quantitative estimate of drug-likeness (QED) is 0.234. The number of carbonyl (C=O) groups excluding carboxylic acids is 1. The van der Waals surface area contributed by atoms with Crippen molar-refractivity contribution in [2.24, 2.45) is 0 Å². The number of hydrogen-bond acceptors (Lipinski definition) is 6. The summed E-state index contributed by atoms with van der Waals surface area (Å²) in [6.45, 7) is 18.3. The van der Waals surface area contributed by atoms with Gasteiger partial charge in [0.05, 0.1) is 7.11 Å². The van der Waals surface area contributed by atoms with E-state index in [-0.39, 0.29) is 11.9 Å². The van der Waals surface area contributed by atoms with E-state index in [2.05, 4.69) is 41.5 Å². The number of nitrogens with zero attached hydrogens (tertiary/aromatic N) is 4. The summed E-state index contributed by atoms with van der Waals surface area (Å²) in [6, 6.07) is 19.5. The van der Waals surface area contributed by atoms with Crippen LogP contribution in [0.15, 0.2) is 66.9 Å². The Bertz CT molecular complexity index is 1290. The Hall–Kier alpha value is -3.91. The van der Waals surface area contributed by atoms with Crippen LogP contribution in [0, 0.1) is 0 Å². The standard InChI is InChI=1S/C26H28N6O2.C3H8.3C2H6/c1-31-16-13-21(14-17-31)27-25(33)19-5-9-20(10-6-19)28-26-29-24-23(4-3-15-32(24)30-26)18-7-11-22(34-2)12-8-18;1-3-2;3*1-2/h3-12,15,21H,13-14,16-17H2,1-2H3,(H,27,33)(H,28,30);3H2,1-2H3;3*1-2H3. The van der Waals surface area contributed by atoms with E-state index in [0.717, 1.165) is 54.1 Å². The zero-order valence-corrected chi connectivity index (χ0v) is 28.1. The van der Waals surface area contributed by atoms with Crippen molar-refractivity contribution in [3.8, 4) is 16.9 Å². The topological polar surface area (TPSA) is 83.8 Å². The number of fused-ring (bicyclic) bond motifs is 1. The second kappa shape index (κ2) is 20.9. The third-order valence-corrected chi connectivity index (χ3v) is 6.22. The van der Waals surface area contributed by atoms with E-state index in [4.69, 9.17) is 9.72 Å².